The second-order valence-corrected chi connectivity index (χ2v) is 8.47. The molecule has 0 amide bonds. The summed E-state index contributed by atoms with van der Waals surface area (Å²) in [5, 5.41) is 2.34. The fourth-order valence-electron chi connectivity index (χ4n) is 2.45. The van der Waals surface area contributed by atoms with Crippen molar-refractivity contribution in [2.24, 2.45) is 0 Å². The molecule has 3 rings (SSSR count). The van der Waals surface area contributed by atoms with E-state index in [1.807, 2.05) is 11.3 Å². The van der Waals surface area contributed by atoms with Crippen molar-refractivity contribution in [3.05, 3.63) is 77.7 Å². The van der Waals surface area contributed by atoms with Gasteiger partial charge in [-0.25, -0.2) is 0 Å². The minimum Gasteiger partial charge on any atom is -0.0933 e. The summed E-state index contributed by atoms with van der Waals surface area (Å²) in [4.78, 5) is 2.80. The Balaban J connectivity index is 1.97. The predicted molar refractivity (Wildman–Crippen MR) is 98.0 cm³/mol. The Morgan fingerprint density at radius 1 is 0.864 bits per heavy atom. The molecule has 0 N–H and O–H groups in total. The molecular weight excluding hydrogens is 304 g/mol. The van der Waals surface area contributed by atoms with Crippen molar-refractivity contribution in [1.82, 2.24) is 0 Å². The van der Waals surface area contributed by atoms with Gasteiger partial charge >= 0.3 is 0 Å². The smallest absolute Gasteiger partial charge is 0.0933 e. The van der Waals surface area contributed by atoms with Gasteiger partial charge in [0.05, 0.1) is 0 Å². The van der Waals surface area contributed by atoms with Crippen LogP contribution < -0.4 is 0 Å². The Hall–Kier alpha value is -1.51. The van der Waals surface area contributed by atoms with Crippen LogP contribution in [0.5, 0.6) is 0 Å². The molecule has 0 aliphatic carbocycles. The van der Waals surface area contributed by atoms with E-state index in [1.54, 1.807) is 0 Å². The van der Waals surface area contributed by atoms with Gasteiger partial charge < -0.3 is 0 Å². The minimum absolute atomic E-state index is 0.0192. The van der Waals surface area contributed by atoms with Gasteiger partial charge in [-0.3, -0.25) is 0 Å². The molecule has 3 aromatic rings. The minimum atomic E-state index is 0.0192. The van der Waals surface area contributed by atoms with Crippen LogP contribution in [0.3, 0.4) is 0 Å². The lowest BCUT2D eigenvalue weighted by Gasteiger charge is -2.05. The molecule has 2 heteroatoms. The van der Waals surface area contributed by atoms with Gasteiger partial charge in [0.2, 0.25) is 4.21 Å². The van der Waals surface area contributed by atoms with E-state index < -0.39 is 0 Å². The molecule has 0 saturated carbocycles. The Kier molecular flexibility index (Phi) is 5.36. The van der Waals surface area contributed by atoms with Crippen molar-refractivity contribution in [2.45, 2.75) is 40.2 Å². The van der Waals surface area contributed by atoms with Crippen LogP contribution in [0.2, 0.25) is 0 Å². The van der Waals surface area contributed by atoms with Crippen LogP contribution in [0.15, 0.2) is 86.1 Å². The van der Waals surface area contributed by atoms with E-state index in [0.29, 0.717) is 0 Å². The molecule has 0 unspecified atom stereocenters. The number of hydrogen-bond donors (Lipinski definition) is 0. The van der Waals surface area contributed by atoms with E-state index in [9.17, 15) is 0 Å². The molecule has 0 radical (unpaired) electrons. The van der Waals surface area contributed by atoms with Crippen molar-refractivity contribution in [3.8, 4) is 0 Å². The highest BCUT2D eigenvalue weighted by atomic mass is 32.2. The van der Waals surface area contributed by atoms with Crippen LogP contribution in [-0.4, -0.2) is 0 Å². The zero-order valence-corrected chi connectivity index (χ0v) is 14.5. The van der Waals surface area contributed by atoms with Crippen molar-refractivity contribution in [2.75, 3.05) is 0 Å². The molecule has 0 spiro atoms. The molecule has 1 aromatic heterocycles. The van der Waals surface area contributed by atoms with Crippen molar-refractivity contribution < 1.29 is 0 Å². The van der Waals surface area contributed by atoms with Crippen molar-refractivity contribution in [1.29, 1.82) is 0 Å². The summed E-state index contributed by atoms with van der Waals surface area (Å²) in [7, 11) is 0.0192. The number of unbranched alkanes of at least 4 members (excludes halogenated alkanes) is 1. The molecule has 112 valence electrons. The maximum absolute atomic E-state index is 2.42. The lowest BCUT2D eigenvalue weighted by Crippen LogP contribution is -2.02. The second-order valence-electron chi connectivity index (χ2n) is 5.31. The number of thiophene rings is 1. The molecule has 2 aromatic carbocycles. The molecule has 0 aliphatic heterocycles. The van der Waals surface area contributed by atoms with E-state index in [2.05, 4.69) is 79.0 Å². The van der Waals surface area contributed by atoms with Crippen molar-refractivity contribution >= 4 is 22.2 Å². The topological polar surface area (TPSA) is 0 Å². The van der Waals surface area contributed by atoms with Crippen LogP contribution in [0.25, 0.3) is 0 Å². The zero-order valence-electron chi connectivity index (χ0n) is 12.9. The standard InChI is InChI=1S/C20H21S2/c1-2-3-10-17-15-20(21-16-17)22(18-11-6-4-7-12-18)19-13-8-5-9-14-19/h4-9,11-16H,2-3,10H2,1H3/q+1. The van der Waals surface area contributed by atoms with Gasteiger partial charge in [-0.05, 0) is 48.1 Å². The summed E-state index contributed by atoms with van der Waals surface area (Å²) >= 11 is 1.91. The number of aryl methyl sites for hydroxylation is 1. The highest BCUT2D eigenvalue weighted by molar-refractivity contribution is 7.98. The first kappa shape index (κ1) is 15.4. The fraction of sp³-hybridized carbons (Fsp3) is 0.200. The molecule has 0 fully saturated rings. The Morgan fingerprint density at radius 3 is 2.00 bits per heavy atom. The first-order chi connectivity index (χ1) is 10.9. The summed E-state index contributed by atoms with van der Waals surface area (Å²) in [6, 6.07) is 24.2. The highest BCUT2D eigenvalue weighted by Crippen LogP contribution is 2.35. The SMILES string of the molecule is CCCCc1csc([S+](c2ccccc2)c2ccccc2)c1. The molecular formula is C20H21S2+. The van der Waals surface area contributed by atoms with E-state index in [-0.39, 0.29) is 10.9 Å². The quantitative estimate of drug-likeness (QED) is 0.474. The van der Waals surface area contributed by atoms with Gasteiger partial charge in [-0.2, -0.15) is 0 Å². The van der Waals surface area contributed by atoms with Crippen LogP contribution in [0.4, 0.5) is 0 Å². The summed E-state index contributed by atoms with van der Waals surface area (Å²) in [6.07, 6.45) is 3.74. The Morgan fingerprint density at radius 2 is 1.45 bits per heavy atom. The van der Waals surface area contributed by atoms with Crippen LogP contribution in [-0.2, 0) is 17.3 Å². The third-order valence-corrected chi connectivity index (χ3v) is 7.17. The normalized spacial score (nSPS) is 11.0. The third-order valence-electron chi connectivity index (χ3n) is 3.61. The summed E-state index contributed by atoms with van der Waals surface area (Å²) in [5.74, 6) is 0. The van der Waals surface area contributed by atoms with Gasteiger partial charge in [-0.1, -0.05) is 61.1 Å². The van der Waals surface area contributed by atoms with Crippen LogP contribution in [0.1, 0.15) is 25.3 Å². The van der Waals surface area contributed by atoms with Gasteiger partial charge in [0, 0.05) is 6.07 Å². The molecule has 22 heavy (non-hydrogen) atoms. The monoisotopic (exact) mass is 325 g/mol. The summed E-state index contributed by atoms with van der Waals surface area (Å²) in [6.45, 7) is 2.26. The first-order valence-electron chi connectivity index (χ1n) is 7.80. The number of rotatable bonds is 6. The summed E-state index contributed by atoms with van der Waals surface area (Å²) in [5.41, 5.74) is 1.49. The highest BCUT2D eigenvalue weighted by Gasteiger charge is 2.29. The van der Waals surface area contributed by atoms with Gasteiger partial charge in [0.25, 0.3) is 0 Å². The van der Waals surface area contributed by atoms with Gasteiger partial charge in [0.15, 0.2) is 9.79 Å². The molecule has 0 nitrogen and oxygen atoms in total. The predicted octanol–water partition coefficient (Wildman–Crippen LogP) is 6.19. The average molecular weight is 326 g/mol. The van der Waals surface area contributed by atoms with Crippen molar-refractivity contribution in [3.63, 3.8) is 0 Å². The largest absolute Gasteiger partial charge is 0.220 e. The second kappa shape index (κ2) is 7.66. The maximum atomic E-state index is 2.42. The first-order valence-corrected chi connectivity index (χ1v) is 9.90. The molecule has 0 saturated heterocycles. The van der Waals surface area contributed by atoms with E-state index in [1.165, 1.54) is 38.8 Å². The van der Waals surface area contributed by atoms with E-state index >= 15 is 0 Å². The zero-order chi connectivity index (χ0) is 15.2. The molecule has 0 aliphatic rings. The van der Waals surface area contributed by atoms with Crippen LogP contribution >= 0.6 is 11.3 Å². The molecule has 1 heterocycles. The van der Waals surface area contributed by atoms with Gasteiger partial charge in [0.1, 0.15) is 10.9 Å². The third kappa shape index (κ3) is 3.63. The van der Waals surface area contributed by atoms with E-state index in [0.717, 1.165) is 0 Å². The fourth-order valence-corrected chi connectivity index (χ4v) is 6.10. The lowest BCUT2D eigenvalue weighted by atomic mass is 10.2. The Labute approximate surface area is 140 Å². The van der Waals surface area contributed by atoms with Gasteiger partial charge in [-0.15, -0.1) is 0 Å². The number of benzene rings is 2. The Bertz CT molecular complexity index is 646. The number of hydrogen-bond acceptors (Lipinski definition) is 1. The lowest BCUT2D eigenvalue weighted by molar-refractivity contribution is 0.796. The molecule has 0 atom stereocenters. The van der Waals surface area contributed by atoms with Crippen LogP contribution in [0, 0.1) is 0 Å². The molecule has 0 bridgehead atoms. The van der Waals surface area contributed by atoms with E-state index in [4.69, 9.17) is 0 Å². The summed E-state index contributed by atoms with van der Waals surface area (Å²) < 4.78 is 1.48. The average Bonchev–Trinajstić information content (AvgIpc) is 3.04. The maximum Gasteiger partial charge on any atom is 0.220 e.